The number of rotatable bonds is 8. The highest BCUT2D eigenvalue weighted by Gasteiger charge is 2.58. The molecule has 4 atom stereocenters. The molecular weight excluding hydrogens is 580 g/mol. The van der Waals surface area contributed by atoms with Crippen LogP contribution in [0, 0.1) is 17.8 Å². The van der Waals surface area contributed by atoms with Gasteiger partial charge in [0.25, 0.3) is 0 Å². The summed E-state index contributed by atoms with van der Waals surface area (Å²) in [6.07, 6.45) is 13.1. The largest absolute Gasteiger partial charge is 0.507 e. The number of benzene rings is 1. The van der Waals surface area contributed by atoms with Crippen LogP contribution in [0.25, 0.3) is 11.6 Å². The molecule has 0 spiro atoms. The van der Waals surface area contributed by atoms with Crippen LogP contribution in [0.2, 0.25) is 0 Å². The van der Waals surface area contributed by atoms with E-state index in [1.54, 1.807) is 17.2 Å². The fourth-order valence-electron chi connectivity index (χ4n) is 7.68. The van der Waals surface area contributed by atoms with Gasteiger partial charge in [0.15, 0.2) is 0 Å². The maximum Gasteiger partial charge on any atom is 0.234 e. The van der Waals surface area contributed by atoms with Crippen molar-refractivity contribution in [2.75, 3.05) is 6.61 Å². The first-order valence-corrected chi connectivity index (χ1v) is 16.1. The van der Waals surface area contributed by atoms with Gasteiger partial charge >= 0.3 is 0 Å². The van der Waals surface area contributed by atoms with E-state index in [-0.39, 0.29) is 47.5 Å². The number of hydrogen-bond acceptors (Lipinski definition) is 5. The first-order valence-electron chi connectivity index (χ1n) is 15.3. The Hall–Kier alpha value is -2.77. The molecule has 0 unspecified atom stereocenters. The van der Waals surface area contributed by atoms with Crippen LogP contribution in [-0.4, -0.2) is 45.6 Å². The molecule has 2 saturated heterocycles. The van der Waals surface area contributed by atoms with Gasteiger partial charge in [-0.25, -0.2) is 0 Å². The Bertz CT molecular complexity index is 1360. The van der Waals surface area contributed by atoms with Gasteiger partial charge in [-0.2, -0.15) is 0 Å². The molecule has 216 valence electrons. The standard InChI is InChI=1S/C34H39BrN2O4/c1-2-8-22-19-26-32(34(40)37(33(26)39)25-9-4-3-5-10-25)27-20-41-30(31(22)27)15-12-21(28-11-6-7-16-36-28)17-23-18-24(35)13-14-29(23)38/h6-7,11,13-14,16-18,25-27,30,32,38H,2-5,8-10,12,15,19-20H2,1H3/b21-17-/t26-,27+,30-,32-/m1/s1. The van der Waals surface area contributed by atoms with Crippen molar-refractivity contribution in [1.29, 1.82) is 0 Å². The lowest BCUT2D eigenvalue weighted by molar-refractivity contribution is -0.143. The minimum atomic E-state index is -0.283. The number of amides is 2. The molecule has 1 aromatic carbocycles. The molecule has 7 heteroatoms. The van der Waals surface area contributed by atoms with E-state index in [0.29, 0.717) is 19.4 Å². The summed E-state index contributed by atoms with van der Waals surface area (Å²) in [4.78, 5) is 33.8. The highest BCUT2D eigenvalue weighted by atomic mass is 79.9. The van der Waals surface area contributed by atoms with Gasteiger partial charge in [0.2, 0.25) is 11.8 Å². The number of phenolic OH excluding ortho intramolecular Hbond substituents is 1. The van der Waals surface area contributed by atoms with E-state index in [9.17, 15) is 14.7 Å². The second kappa shape index (κ2) is 12.2. The normalized spacial score (nSPS) is 27.0. The van der Waals surface area contributed by atoms with E-state index in [1.165, 1.54) is 17.6 Å². The number of nitrogens with zero attached hydrogens (tertiary/aromatic N) is 2. The number of ether oxygens (including phenoxy) is 1. The van der Waals surface area contributed by atoms with Crippen molar-refractivity contribution in [3.8, 4) is 5.75 Å². The van der Waals surface area contributed by atoms with Gasteiger partial charge in [-0.15, -0.1) is 0 Å². The number of aromatic hydroxyl groups is 1. The van der Waals surface area contributed by atoms with E-state index in [0.717, 1.165) is 66.2 Å². The van der Waals surface area contributed by atoms with Crippen LogP contribution in [-0.2, 0) is 14.3 Å². The second-order valence-electron chi connectivity index (χ2n) is 12.0. The molecule has 1 N–H and O–H groups in total. The number of pyridine rings is 1. The van der Waals surface area contributed by atoms with Crippen LogP contribution in [0.1, 0.15) is 82.4 Å². The molecule has 2 aliphatic heterocycles. The van der Waals surface area contributed by atoms with Gasteiger partial charge in [-0.3, -0.25) is 19.5 Å². The number of imide groups is 1. The number of allylic oxidation sites excluding steroid dienone is 2. The van der Waals surface area contributed by atoms with Crippen molar-refractivity contribution in [2.45, 2.75) is 83.3 Å². The lowest BCUT2D eigenvalue weighted by Crippen LogP contribution is -2.42. The molecule has 3 fully saturated rings. The fraction of sp³-hybridized carbons (Fsp3) is 0.500. The summed E-state index contributed by atoms with van der Waals surface area (Å²) in [7, 11) is 0. The summed E-state index contributed by atoms with van der Waals surface area (Å²) in [5, 5.41) is 10.5. The van der Waals surface area contributed by atoms with E-state index >= 15 is 0 Å². The zero-order valence-corrected chi connectivity index (χ0v) is 25.3. The quantitative estimate of drug-likeness (QED) is 0.248. The molecule has 2 aromatic rings. The number of carbonyl (C=O) groups excluding carboxylic acids is 2. The van der Waals surface area contributed by atoms with Crippen molar-refractivity contribution in [2.24, 2.45) is 17.8 Å². The Morgan fingerprint density at radius 3 is 2.71 bits per heavy atom. The van der Waals surface area contributed by atoms with Crippen LogP contribution in [0.4, 0.5) is 0 Å². The first-order chi connectivity index (χ1) is 20.0. The lowest BCUT2D eigenvalue weighted by atomic mass is 9.68. The number of carbonyl (C=O) groups is 2. The van der Waals surface area contributed by atoms with Crippen molar-refractivity contribution in [1.82, 2.24) is 9.88 Å². The van der Waals surface area contributed by atoms with Gasteiger partial charge in [0.1, 0.15) is 5.75 Å². The molecule has 0 radical (unpaired) electrons. The van der Waals surface area contributed by atoms with E-state index < -0.39 is 0 Å². The summed E-state index contributed by atoms with van der Waals surface area (Å²) >= 11 is 3.52. The molecule has 0 bridgehead atoms. The number of aromatic nitrogens is 1. The molecule has 41 heavy (non-hydrogen) atoms. The summed E-state index contributed by atoms with van der Waals surface area (Å²) in [5.41, 5.74) is 5.24. The fourth-order valence-corrected chi connectivity index (χ4v) is 8.06. The number of phenols is 1. The average Bonchev–Trinajstić information content (AvgIpc) is 3.52. The zero-order valence-electron chi connectivity index (χ0n) is 23.7. The topological polar surface area (TPSA) is 79.7 Å². The molecule has 6 nitrogen and oxygen atoms in total. The number of halogens is 1. The number of hydrogen-bond donors (Lipinski definition) is 1. The van der Waals surface area contributed by atoms with Crippen LogP contribution in [0.15, 0.2) is 58.2 Å². The Morgan fingerprint density at radius 2 is 1.95 bits per heavy atom. The molecule has 4 aliphatic rings. The summed E-state index contributed by atoms with van der Waals surface area (Å²) in [6.45, 7) is 2.68. The van der Waals surface area contributed by atoms with Gasteiger partial charge < -0.3 is 9.84 Å². The zero-order chi connectivity index (χ0) is 28.5. The Kier molecular flexibility index (Phi) is 8.45. The SMILES string of the molecule is CCCC1=C2[C@@H](CC/C(=C/c3cc(Br)ccc3O)c3ccccn3)OC[C@@H]2[C@@H]2C(=O)N(C3CCCCC3)C(=O)[C@@H]2C1. The molecular formula is C34H39BrN2O4. The van der Waals surface area contributed by atoms with E-state index in [1.807, 2.05) is 36.4 Å². The Balaban J connectivity index is 1.27. The molecule has 3 heterocycles. The smallest absolute Gasteiger partial charge is 0.234 e. The minimum Gasteiger partial charge on any atom is -0.507 e. The lowest BCUT2D eigenvalue weighted by Gasteiger charge is -2.32. The van der Waals surface area contributed by atoms with Crippen LogP contribution in [0.3, 0.4) is 0 Å². The van der Waals surface area contributed by atoms with Gasteiger partial charge in [0, 0.05) is 28.2 Å². The average molecular weight is 620 g/mol. The van der Waals surface area contributed by atoms with Crippen LogP contribution >= 0.6 is 15.9 Å². The van der Waals surface area contributed by atoms with Crippen molar-refractivity contribution < 1.29 is 19.4 Å². The first kappa shape index (κ1) is 28.4. The number of likely N-dealkylation sites (tertiary alicyclic amines) is 1. The third-order valence-electron chi connectivity index (χ3n) is 9.52. The number of fused-ring (bicyclic) bond motifs is 3. The molecule has 2 amide bonds. The van der Waals surface area contributed by atoms with Gasteiger partial charge in [0.05, 0.1) is 30.2 Å². The maximum atomic E-state index is 13.9. The van der Waals surface area contributed by atoms with Gasteiger partial charge in [-0.1, -0.05) is 60.2 Å². The second-order valence-corrected chi connectivity index (χ2v) is 13.0. The minimum absolute atomic E-state index is 0.0123. The van der Waals surface area contributed by atoms with Crippen molar-refractivity contribution >= 4 is 39.4 Å². The highest BCUT2D eigenvalue weighted by molar-refractivity contribution is 9.10. The molecule has 1 aromatic heterocycles. The van der Waals surface area contributed by atoms with E-state index in [2.05, 4.69) is 27.8 Å². The van der Waals surface area contributed by atoms with Crippen LogP contribution in [0.5, 0.6) is 5.75 Å². The third-order valence-corrected chi connectivity index (χ3v) is 10.0. The predicted octanol–water partition coefficient (Wildman–Crippen LogP) is 7.32. The predicted molar refractivity (Wildman–Crippen MR) is 163 cm³/mol. The molecule has 1 saturated carbocycles. The highest BCUT2D eigenvalue weighted by Crippen LogP contribution is 2.51. The van der Waals surface area contributed by atoms with Gasteiger partial charge in [-0.05, 0) is 86.1 Å². The Morgan fingerprint density at radius 1 is 1.12 bits per heavy atom. The summed E-state index contributed by atoms with van der Waals surface area (Å²) < 4.78 is 7.38. The monoisotopic (exact) mass is 618 g/mol. The third kappa shape index (κ3) is 5.55. The summed E-state index contributed by atoms with van der Waals surface area (Å²) in [5.74, 6) is -0.190. The van der Waals surface area contributed by atoms with Crippen LogP contribution < -0.4 is 0 Å². The van der Waals surface area contributed by atoms with Crippen molar-refractivity contribution in [3.05, 3.63) is 69.5 Å². The Labute approximate surface area is 251 Å². The van der Waals surface area contributed by atoms with Crippen molar-refractivity contribution in [3.63, 3.8) is 0 Å². The van der Waals surface area contributed by atoms with E-state index in [4.69, 9.17) is 4.74 Å². The summed E-state index contributed by atoms with van der Waals surface area (Å²) in [6, 6.07) is 11.4. The maximum absolute atomic E-state index is 13.9. The molecule has 6 rings (SSSR count). The molecule has 2 aliphatic carbocycles.